The normalized spacial score (nSPS) is 23.3. The molecule has 1 aromatic rings. The van der Waals surface area contributed by atoms with Crippen molar-refractivity contribution in [2.24, 2.45) is 0 Å². The molecule has 1 amide bonds. The van der Waals surface area contributed by atoms with Crippen LogP contribution in [-0.4, -0.2) is 62.3 Å². The molecule has 1 unspecified atom stereocenters. The number of hydrogen-bond donors (Lipinski definition) is 1. The first-order valence-electron chi connectivity index (χ1n) is 7.67. The Morgan fingerprint density at radius 1 is 1.22 bits per heavy atom. The molecular formula is C15H21N3O4S. The Kier molecular flexibility index (Phi) is 4.67. The van der Waals surface area contributed by atoms with E-state index in [0.717, 1.165) is 5.56 Å². The minimum Gasteiger partial charge on any atom is -0.366 e. The summed E-state index contributed by atoms with van der Waals surface area (Å²) in [6.07, 6.45) is -0.0425. The van der Waals surface area contributed by atoms with Crippen LogP contribution in [0.3, 0.4) is 0 Å². The predicted octanol–water partition coefficient (Wildman–Crippen LogP) is -0.264. The number of carbonyl (C=O) groups is 1. The highest BCUT2D eigenvalue weighted by Gasteiger charge is 2.37. The molecule has 23 heavy (non-hydrogen) atoms. The topological polar surface area (TPSA) is 79.0 Å². The molecule has 0 spiro atoms. The first-order valence-corrected chi connectivity index (χ1v) is 9.07. The fraction of sp³-hybridized carbons (Fsp3) is 0.533. The van der Waals surface area contributed by atoms with Crippen LogP contribution in [0, 0.1) is 0 Å². The van der Waals surface area contributed by atoms with Gasteiger partial charge in [-0.3, -0.25) is 4.79 Å². The van der Waals surface area contributed by atoms with E-state index in [-0.39, 0.29) is 25.6 Å². The molecule has 2 aliphatic heterocycles. The van der Waals surface area contributed by atoms with E-state index in [1.165, 1.54) is 21.2 Å². The Hall–Kier alpha value is -1.48. The first kappa shape index (κ1) is 16.4. The Labute approximate surface area is 136 Å². The highest BCUT2D eigenvalue weighted by molar-refractivity contribution is 7.86. The molecule has 1 N–H and O–H groups in total. The number of amides is 1. The number of fused-ring (bicyclic) bond motifs is 1. The summed E-state index contributed by atoms with van der Waals surface area (Å²) in [5, 5.41) is 2.50. The molecule has 1 atom stereocenters. The Morgan fingerprint density at radius 3 is 2.70 bits per heavy atom. The molecule has 126 valence electrons. The molecule has 0 radical (unpaired) electrons. The second-order valence-corrected chi connectivity index (χ2v) is 7.62. The summed E-state index contributed by atoms with van der Waals surface area (Å²) < 4.78 is 33.9. The number of nitrogens with one attached hydrogen (secondary N) is 1. The largest absolute Gasteiger partial charge is 0.366 e. The monoisotopic (exact) mass is 339 g/mol. The number of hydrogen-bond acceptors (Lipinski definition) is 4. The van der Waals surface area contributed by atoms with Gasteiger partial charge in [-0.15, -0.1) is 0 Å². The minimum atomic E-state index is -3.60. The van der Waals surface area contributed by atoms with Crippen LogP contribution in [0.1, 0.15) is 11.1 Å². The average molecular weight is 339 g/mol. The van der Waals surface area contributed by atoms with Crippen molar-refractivity contribution in [3.63, 3.8) is 0 Å². The van der Waals surface area contributed by atoms with Gasteiger partial charge in [-0.1, -0.05) is 24.3 Å². The lowest BCUT2D eigenvalue weighted by molar-refractivity contribution is -0.135. The van der Waals surface area contributed by atoms with Crippen LogP contribution in [0.4, 0.5) is 0 Å². The number of morpholine rings is 1. The minimum absolute atomic E-state index is 0.0557. The van der Waals surface area contributed by atoms with Crippen LogP contribution in [0.2, 0.25) is 0 Å². The Bertz CT molecular complexity index is 692. The summed E-state index contributed by atoms with van der Waals surface area (Å²) in [6, 6.07) is 7.89. The van der Waals surface area contributed by atoms with Crippen LogP contribution < -0.4 is 5.32 Å². The van der Waals surface area contributed by atoms with E-state index in [1.807, 2.05) is 24.3 Å². The van der Waals surface area contributed by atoms with Gasteiger partial charge in [0.25, 0.3) is 10.2 Å². The fourth-order valence-electron chi connectivity index (χ4n) is 2.98. The zero-order chi connectivity index (χ0) is 16.4. The Balaban J connectivity index is 1.75. The molecule has 0 aliphatic carbocycles. The second kappa shape index (κ2) is 6.56. The second-order valence-electron chi connectivity index (χ2n) is 5.69. The van der Waals surface area contributed by atoms with Crippen LogP contribution in [0.5, 0.6) is 0 Å². The third-order valence-corrected chi connectivity index (χ3v) is 6.26. The zero-order valence-corrected chi connectivity index (χ0v) is 13.9. The van der Waals surface area contributed by atoms with Crippen molar-refractivity contribution in [3.05, 3.63) is 35.4 Å². The molecule has 0 aromatic heterocycles. The van der Waals surface area contributed by atoms with Crippen molar-refractivity contribution in [3.8, 4) is 0 Å². The molecule has 2 heterocycles. The Morgan fingerprint density at radius 2 is 1.96 bits per heavy atom. The molecule has 1 fully saturated rings. The SMILES string of the molecule is CNC(=O)C1CN(S(=O)(=O)N2CCc3ccccc3C2)CCO1. The molecule has 2 aliphatic rings. The lowest BCUT2D eigenvalue weighted by Gasteiger charge is -2.36. The lowest BCUT2D eigenvalue weighted by atomic mass is 10.0. The number of ether oxygens (including phenoxy) is 1. The van der Waals surface area contributed by atoms with Crippen molar-refractivity contribution in [2.75, 3.05) is 33.3 Å². The molecule has 7 nitrogen and oxygen atoms in total. The summed E-state index contributed by atoms with van der Waals surface area (Å²) in [5.74, 6) is -0.297. The molecule has 0 bridgehead atoms. The quantitative estimate of drug-likeness (QED) is 0.823. The van der Waals surface area contributed by atoms with Crippen molar-refractivity contribution in [1.29, 1.82) is 0 Å². The number of nitrogens with zero attached hydrogens (tertiary/aromatic N) is 2. The molecule has 0 saturated carbocycles. The van der Waals surface area contributed by atoms with Gasteiger partial charge in [-0.2, -0.15) is 17.0 Å². The van der Waals surface area contributed by atoms with Gasteiger partial charge < -0.3 is 10.1 Å². The van der Waals surface area contributed by atoms with Gasteiger partial charge >= 0.3 is 0 Å². The van der Waals surface area contributed by atoms with Crippen molar-refractivity contribution < 1.29 is 17.9 Å². The molecule has 8 heteroatoms. The summed E-state index contributed by atoms with van der Waals surface area (Å²) >= 11 is 0. The third kappa shape index (κ3) is 3.25. The summed E-state index contributed by atoms with van der Waals surface area (Å²) in [7, 11) is -2.08. The van der Waals surface area contributed by atoms with Crippen molar-refractivity contribution >= 4 is 16.1 Å². The van der Waals surface area contributed by atoms with Gasteiger partial charge in [0.2, 0.25) is 5.91 Å². The van der Waals surface area contributed by atoms with E-state index in [4.69, 9.17) is 4.74 Å². The van der Waals surface area contributed by atoms with E-state index in [1.54, 1.807) is 0 Å². The highest BCUT2D eigenvalue weighted by Crippen LogP contribution is 2.23. The number of carbonyl (C=O) groups excluding carboxylic acids is 1. The van der Waals surface area contributed by atoms with Crippen LogP contribution in [0.15, 0.2) is 24.3 Å². The van der Waals surface area contributed by atoms with E-state index in [2.05, 4.69) is 5.32 Å². The number of rotatable bonds is 3. The summed E-state index contributed by atoms with van der Waals surface area (Å²) in [6.45, 7) is 1.39. The van der Waals surface area contributed by atoms with Gasteiger partial charge in [0.15, 0.2) is 0 Å². The average Bonchev–Trinajstić information content (AvgIpc) is 2.60. The summed E-state index contributed by atoms with van der Waals surface area (Å²) in [4.78, 5) is 11.7. The van der Waals surface area contributed by atoms with Crippen LogP contribution in [0.25, 0.3) is 0 Å². The van der Waals surface area contributed by atoms with Gasteiger partial charge in [-0.05, 0) is 17.5 Å². The number of likely N-dealkylation sites (N-methyl/N-ethyl adjacent to an activating group) is 1. The van der Waals surface area contributed by atoms with Crippen LogP contribution >= 0.6 is 0 Å². The summed E-state index contributed by atoms with van der Waals surface area (Å²) in [5.41, 5.74) is 2.24. The van der Waals surface area contributed by atoms with Gasteiger partial charge in [0, 0.05) is 26.7 Å². The standard InChI is InChI=1S/C15H21N3O4S/c1-16-15(19)14-11-18(8-9-22-14)23(20,21)17-7-6-12-4-2-3-5-13(12)10-17/h2-5,14H,6-11H2,1H3,(H,16,19). The van der Waals surface area contributed by atoms with Crippen molar-refractivity contribution in [2.45, 2.75) is 19.1 Å². The molecule has 1 saturated heterocycles. The van der Waals surface area contributed by atoms with E-state index >= 15 is 0 Å². The first-order chi connectivity index (χ1) is 11.0. The van der Waals surface area contributed by atoms with Gasteiger partial charge in [0.05, 0.1) is 13.2 Å². The van der Waals surface area contributed by atoms with Gasteiger partial charge in [0.1, 0.15) is 6.10 Å². The maximum absolute atomic E-state index is 12.9. The van der Waals surface area contributed by atoms with Crippen LogP contribution in [-0.2, 0) is 32.7 Å². The maximum atomic E-state index is 12.9. The van der Waals surface area contributed by atoms with Crippen molar-refractivity contribution in [1.82, 2.24) is 13.9 Å². The lowest BCUT2D eigenvalue weighted by Crippen LogP contribution is -2.55. The molecular weight excluding hydrogens is 318 g/mol. The fourth-order valence-corrected chi connectivity index (χ4v) is 4.56. The molecule has 3 rings (SSSR count). The highest BCUT2D eigenvalue weighted by atomic mass is 32.2. The molecule has 1 aromatic carbocycles. The van der Waals surface area contributed by atoms with E-state index in [0.29, 0.717) is 19.5 Å². The third-order valence-electron chi connectivity index (χ3n) is 4.32. The van der Waals surface area contributed by atoms with Gasteiger partial charge in [-0.25, -0.2) is 0 Å². The number of benzene rings is 1. The maximum Gasteiger partial charge on any atom is 0.282 e. The zero-order valence-electron chi connectivity index (χ0n) is 13.1. The smallest absolute Gasteiger partial charge is 0.282 e. The van der Waals surface area contributed by atoms with E-state index < -0.39 is 16.3 Å². The predicted molar refractivity (Wildman–Crippen MR) is 84.9 cm³/mol. The van der Waals surface area contributed by atoms with E-state index in [9.17, 15) is 13.2 Å².